The largest absolute Gasteiger partial charge is 0.378 e. The molecule has 0 amide bonds. The number of fused-ring (bicyclic) bond motifs is 1. The van der Waals surface area contributed by atoms with Crippen molar-refractivity contribution in [3.8, 4) is 11.3 Å². The molecule has 3 aromatic rings. The standard InChI is InChI=1S/C16H17N3/c1-12-4-6-13(7-5-12)15-11-19-9-8-14(18(2)3)10-16(19)17-15/h4-11H,1-3H3. The maximum absolute atomic E-state index is 4.69. The van der Waals surface area contributed by atoms with E-state index in [1.54, 1.807) is 0 Å². The minimum atomic E-state index is 0.974. The Morgan fingerprint density at radius 3 is 2.47 bits per heavy atom. The van der Waals surface area contributed by atoms with Gasteiger partial charge in [-0.15, -0.1) is 0 Å². The second-order valence-electron chi connectivity index (χ2n) is 5.04. The summed E-state index contributed by atoms with van der Waals surface area (Å²) in [7, 11) is 4.07. The monoisotopic (exact) mass is 251 g/mol. The summed E-state index contributed by atoms with van der Waals surface area (Å²) in [6.07, 6.45) is 4.12. The summed E-state index contributed by atoms with van der Waals surface area (Å²) in [5.74, 6) is 0. The average molecular weight is 251 g/mol. The second kappa shape index (κ2) is 4.43. The van der Waals surface area contributed by atoms with Crippen LogP contribution in [-0.2, 0) is 0 Å². The summed E-state index contributed by atoms with van der Waals surface area (Å²) in [4.78, 5) is 6.78. The predicted molar refractivity (Wildman–Crippen MR) is 79.7 cm³/mol. The van der Waals surface area contributed by atoms with Crippen molar-refractivity contribution in [1.82, 2.24) is 9.38 Å². The van der Waals surface area contributed by atoms with E-state index >= 15 is 0 Å². The molecule has 0 aliphatic heterocycles. The molecule has 0 aliphatic carbocycles. The third-order valence-electron chi connectivity index (χ3n) is 3.31. The van der Waals surface area contributed by atoms with E-state index in [1.165, 1.54) is 5.56 Å². The molecular formula is C16H17N3. The van der Waals surface area contributed by atoms with Crippen LogP contribution < -0.4 is 4.90 Å². The highest BCUT2D eigenvalue weighted by molar-refractivity contribution is 5.65. The minimum absolute atomic E-state index is 0.974. The molecule has 3 nitrogen and oxygen atoms in total. The third-order valence-corrected chi connectivity index (χ3v) is 3.31. The number of hydrogen-bond donors (Lipinski definition) is 0. The van der Waals surface area contributed by atoms with Crippen LogP contribution in [0.4, 0.5) is 5.69 Å². The van der Waals surface area contributed by atoms with E-state index in [0.717, 1.165) is 22.6 Å². The summed E-state index contributed by atoms with van der Waals surface area (Å²) < 4.78 is 2.06. The predicted octanol–water partition coefficient (Wildman–Crippen LogP) is 3.38. The lowest BCUT2D eigenvalue weighted by molar-refractivity contribution is 1.10. The fraction of sp³-hybridized carbons (Fsp3) is 0.188. The number of benzene rings is 1. The van der Waals surface area contributed by atoms with Crippen molar-refractivity contribution in [3.63, 3.8) is 0 Å². The van der Waals surface area contributed by atoms with Gasteiger partial charge in [-0.25, -0.2) is 4.98 Å². The molecule has 3 heteroatoms. The number of nitrogens with zero attached hydrogens (tertiary/aromatic N) is 3. The van der Waals surface area contributed by atoms with E-state index in [-0.39, 0.29) is 0 Å². The molecule has 0 saturated heterocycles. The molecule has 0 aliphatic rings. The Hall–Kier alpha value is -2.29. The number of imidazole rings is 1. The van der Waals surface area contributed by atoms with Gasteiger partial charge in [-0.3, -0.25) is 0 Å². The smallest absolute Gasteiger partial charge is 0.139 e. The third kappa shape index (κ3) is 2.19. The van der Waals surface area contributed by atoms with Crippen LogP contribution in [0.3, 0.4) is 0 Å². The number of anilines is 1. The fourth-order valence-electron chi connectivity index (χ4n) is 2.11. The van der Waals surface area contributed by atoms with Gasteiger partial charge in [0.25, 0.3) is 0 Å². The van der Waals surface area contributed by atoms with E-state index in [4.69, 9.17) is 4.98 Å². The Morgan fingerprint density at radius 2 is 1.79 bits per heavy atom. The molecule has 0 unspecified atom stereocenters. The summed E-state index contributed by atoms with van der Waals surface area (Å²) in [6.45, 7) is 2.09. The maximum atomic E-state index is 4.69. The van der Waals surface area contributed by atoms with Crippen molar-refractivity contribution in [3.05, 3.63) is 54.4 Å². The second-order valence-corrected chi connectivity index (χ2v) is 5.04. The van der Waals surface area contributed by atoms with Crippen LogP contribution in [-0.4, -0.2) is 23.5 Å². The Morgan fingerprint density at radius 1 is 1.05 bits per heavy atom. The molecule has 3 rings (SSSR count). The molecule has 2 aromatic heterocycles. The van der Waals surface area contributed by atoms with Gasteiger partial charge in [0.05, 0.1) is 5.69 Å². The summed E-state index contributed by atoms with van der Waals surface area (Å²) in [5.41, 5.74) is 5.56. The molecule has 0 atom stereocenters. The molecule has 0 bridgehead atoms. The average Bonchev–Trinajstić information content (AvgIpc) is 2.82. The van der Waals surface area contributed by atoms with Crippen LogP contribution in [0.1, 0.15) is 5.56 Å². The lowest BCUT2D eigenvalue weighted by Gasteiger charge is -2.11. The normalized spacial score (nSPS) is 10.9. The zero-order valence-corrected chi connectivity index (χ0v) is 11.5. The number of rotatable bonds is 2. The number of aryl methyl sites for hydroxylation is 1. The van der Waals surface area contributed by atoms with Gasteiger partial charge in [-0.2, -0.15) is 0 Å². The van der Waals surface area contributed by atoms with Gasteiger partial charge in [0.1, 0.15) is 5.65 Å². The van der Waals surface area contributed by atoms with E-state index in [9.17, 15) is 0 Å². The first-order valence-electron chi connectivity index (χ1n) is 6.36. The Bertz CT molecular complexity index is 708. The number of aromatic nitrogens is 2. The van der Waals surface area contributed by atoms with Crippen LogP contribution in [0.15, 0.2) is 48.8 Å². The molecule has 19 heavy (non-hydrogen) atoms. The number of hydrogen-bond acceptors (Lipinski definition) is 2. The molecule has 0 radical (unpaired) electrons. The Kier molecular flexibility index (Phi) is 2.75. The van der Waals surface area contributed by atoms with Crippen LogP contribution in [0.25, 0.3) is 16.9 Å². The lowest BCUT2D eigenvalue weighted by atomic mass is 10.1. The highest BCUT2D eigenvalue weighted by Gasteiger charge is 2.05. The molecule has 0 N–H and O–H groups in total. The van der Waals surface area contributed by atoms with E-state index < -0.39 is 0 Å². The molecule has 96 valence electrons. The first-order valence-corrected chi connectivity index (χ1v) is 6.36. The van der Waals surface area contributed by atoms with Crippen molar-refractivity contribution in [2.75, 3.05) is 19.0 Å². The number of pyridine rings is 1. The molecule has 0 spiro atoms. The summed E-state index contributed by atoms with van der Waals surface area (Å²) in [5, 5.41) is 0. The minimum Gasteiger partial charge on any atom is -0.378 e. The zero-order chi connectivity index (χ0) is 13.4. The van der Waals surface area contributed by atoms with Gasteiger partial charge in [0.2, 0.25) is 0 Å². The van der Waals surface area contributed by atoms with E-state index in [1.807, 2.05) is 14.1 Å². The molecule has 1 aromatic carbocycles. The maximum Gasteiger partial charge on any atom is 0.139 e. The van der Waals surface area contributed by atoms with Gasteiger partial charge < -0.3 is 9.30 Å². The van der Waals surface area contributed by atoms with Gasteiger partial charge >= 0.3 is 0 Å². The quantitative estimate of drug-likeness (QED) is 0.696. The topological polar surface area (TPSA) is 20.5 Å². The zero-order valence-electron chi connectivity index (χ0n) is 11.5. The van der Waals surface area contributed by atoms with Gasteiger partial charge in [-0.05, 0) is 13.0 Å². The molecular weight excluding hydrogens is 234 g/mol. The van der Waals surface area contributed by atoms with Crippen molar-refractivity contribution < 1.29 is 0 Å². The van der Waals surface area contributed by atoms with E-state index in [0.29, 0.717) is 0 Å². The lowest BCUT2D eigenvalue weighted by Crippen LogP contribution is -2.08. The fourth-order valence-corrected chi connectivity index (χ4v) is 2.11. The van der Waals surface area contributed by atoms with Crippen LogP contribution in [0.5, 0.6) is 0 Å². The van der Waals surface area contributed by atoms with Crippen LogP contribution in [0.2, 0.25) is 0 Å². The highest BCUT2D eigenvalue weighted by Crippen LogP contribution is 2.21. The SMILES string of the molecule is Cc1ccc(-c2cn3ccc(N(C)C)cc3n2)cc1. The Labute approximate surface area is 113 Å². The van der Waals surface area contributed by atoms with Gasteiger partial charge in [0, 0.05) is 43.8 Å². The summed E-state index contributed by atoms with van der Waals surface area (Å²) >= 11 is 0. The molecule has 0 fully saturated rings. The molecule has 0 saturated carbocycles. The first-order chi connectivity index (χ1) is 9.13. The Balaban J connectivity index is 2.08. The van der Waals surface area contributed by atoms with Crippen LogP contribution >= 0.6 is 0 Å². The van der Waals surface area contributed by atoms with Crippen molar-refractivity contribution >= 4 is 11.3 Å². The van der Waals surface area contributed by atoms with Crippen molar-refractivity contribution in [1.29, 1.82) is 0 Å². The highest BCUT2D eigenvalue weighted by atomic mass is 15.1. The van der Waals surface area contributed by atoms with Gasteiger partial charge in [0.15, 0.2) is 0 Å². The van der Waals surface area contributed by atoms with Gasteiger partial charge in [-0.1, -0.05) is 29.8 Å². The first kappa shape index (κ1) is 11.8. The van der Waals surface area contributed by atoms with Crippen molar-refractivity contribution in [2.24, 2.45) is 0 Å². The van der Waals surface area contributed by atoms with Crippen molar-refractivity contribution in [2.45, 2.75) is 6.92 Å². The molecule has 2 heterocycles. The van der Waals surface area contributed by atoms with E-state index in [2.05, 4.69) is 65.0 Å². The summed E-state index contributed by atoms with van der Waals surface area (Å²) in [6, 6.07) is 12.6. The van der Waals surface area contributed by atoms with Crippen LogP contribution in [0, 0.1) is 6.92 Å².